The number of rotatable bonds is 3. The first-order valence-electron chi connectivity index (χ1n) is 7.59. The van der Waals surface area contributed by atoms with Crippen LogP contribution in [0.3, 0.4) is 0 Å². The first-order valence-corrected chi connectivity index (χ1v) is 7.59. The molecule has 1 fully saturated rings. The second-order valence-electron chi connectivity index (χ2n) is 7.54. The van der Waals surface area contributed by atoms with Crippen LogP contribution in [0.2, 0.25) is 0 Å². The molecule has 1 aromatic carbocycles. The molecule has 22 heavy (non-hydrogen) atoms. The zero-order valence-corrected chi connectivity index (χ0v) is 13.9. The Bertz CT molecular complexity index is 576. The van der Waals surface area contributed by atoms with Crippen LogP contribution in [0.1, 0.15) is 46.1 Å². The summed E-state index contributed by atoms with van der Waals surface area (Å²) < 4.78 is 5.21. The Kier molecular flexibility index (Phi) is 4.13. The number of carbonyl (C=O) groups is 1. The van der Waals surface area contributed by atoms with Gasteiger partial charge in [-0.1, -0.05) is 19.9 Å². The predicted molar refractivity (Wildman–Crippen MR) is 87.0 cm³/mol. The summed E-state index contributed by atoms with van der Waals surface area (Å²) in [7, 11) is 0. The molecule has 1 saturated carbocycles. The lowest BCUT2D eigenvalue weighted by molar-refractivity contribution is 0.0635. The van der Waals surface area contributed by atoms with Crippen molar-refractivity contribution in [2.75, 3.05) is 11.9 Å². The van der Waals surface area contributed by atoms with Crippen molar-refractivity contribution in [1.82, 2.24) is 0 Å². The minimum Gasteiger partial charge on any atom is -0.506 e. The molecule has 4 N–H and O–H groups in total. The maximum atomic E-state index is 11.9. The quantitative estimate of drug-likeness (QED) is 0.747. The Hall–Kier alpha value is -1.75. The average Bonchev–Trinajstić information content (AvgIpc) is 2.91. The van der Waals surface area contributed by atoms with Gasteiger partial charge in [-0.2, -0.15) is 0 Å². The normalized spacial score (nSPS) is 23.0. The third kappa shape index (κ3) is 3.35. The maximum Gasteiger partial charge on any atom is 0.412 e. The fourth-order valence-electron chi connectivity index (χ4n) is 3.11. The first-order chi connectivity index (χ1) is 10.1. The molecule has 0 heterocycles. The van der Waals surface area contributed by atoms with Crippen LogP contribution in [0, 0.1) is 11.3 Å². The number of benzene rings is 1. The lowest BCUT2D eigenvalue weighted by Gasteiger charge is -2.20. The standard InChI is InChI=1S/C17H26N2O3/c1-16(2,3)22-15(21)19-12-8-10(6-7-13(12)20)14-11(9-18)17(14,4)5/h6-8,11,14,20H,9,18H2,1-5H3,(H,19,21)/t11-,14-/m0/s1. The van der Waals surface area contributed by atoms with Gasteiger partial charge in [-0.15, -0.1) is 0 Å². The van der Waals surface area contributed by atoms with E-state index in [0.29, 0.717) is 24.1 Å². The second kappa shape index (κ2) is 5.47. The van der Waals surface area contributed by atoms with Crippen molar-refractivity contribution >= 4 is 11.8 Å². The Morgan fingerprint density at radius 1 is 1.41 bits per heavy atom. The highest BCUT2D eigenvalue weighted by Crippen LogP contribution is 2.64. The maximum absolute atomic E-state index is 11.9. The monoisotopic (exact) mass is 306 g/mol. The number of hydrogen-bond donors (Lipinski definition) is 3. The van der Waals surface area contributed by atoms with Crippen molar-refractivity contribution in [2.45, 2.75) is 46.1 Å². The van der Waals surface area contributed by atoms with Crippen molar-refractivity contribution in [3.8, 4) is 5.75 Å². The van der Waals surface area contributed by atoms with E-state index in [0.717, 1.165) is 5.56 Å². The summed E-state index contributed by atoms with van der Waals surface area (Å²) >= 11 is 0. The van der Waals surface area contributed by atoms with E-state index in [-0.39, 0.29) is 11.2 Å². The number of anilines is 1. The molecule has 0 spiro atoms. The number of nitrogens with one attached hydrogen (secondary N) is 1. The number of phenolic OH excluding ortho intramolecular Hbond substituents is 1. The van der Waals surface area contributed by atoms with Gasteiger partial charge in [0.15, 0.2) is 0 Å². The van der Waals surface area contributed by atoms with Crippen LogP contribution in [-0.2, 0) is 4.74 Å². The van der Waals surface area contributed by atoms with Crippen LogP contribution in [-0.4, -0.2) is 23.3 Å². The Labute approximate surface area is 131 Å². The molecule has 0 saturated heterocycles. The van der Waals surface area contributed by atoms with Crippen LogP contribution < -0.4 is 11.1 Å². The third-order valence-corrected chi connectivity index (χ3v) is 4.32. The van der Waals surface area contributed by atoms with Gasteiger partial charge in [0.25, 0.3) is 0 Å². The molecular weight excluding hydrogens is 280 g/mol. The van der Waals surface area contributed by atoms with Gasteiger partial charge in [-0.05, 0) is 62.3 Å². The molecule has 0 aliphatic heterocycles. The van der Waals surface area contributed by atoms with Crippen LogP contribution in [0.4, 0.5) is 10.5 Å². The second-order valence-corrected chi connectivity index (χ2v) is 7.54. The molecule has 5 nitrogen and oxygen atoms in total. The summed E-state index contributed by atoms with van der Waals surface area (Å²) in [5.74, 6) is 0.793. The van der Waals surface area contributed by atoms with E-state index in [9.17, 15) is 9.90 Å². The van der Waals surface area contributed by atoms with Crippen molar-refractivity contribution in [3.05, 3.63) is 23.8 Å². The zero-order valence-electron chi connectivity index (χ0n) is 13.9. The number of hydrogen-bond acceptors (Lipinski definition) is 4. The molecule has 0 radical (unpaired) electrons. The van der Waals surface area contributed by atoms with Gasteiger partial charge in [0.2, 0.25) is 0 Å². The molecule has 1 aliphatic rings. The molecule has 5 heteroatoms. The minimum atomic E-state index is -0.583. The van der Waals surface area contributed by atoms with E-state index < -0.39 is 11.7 Å². The van der Waals surface area contributed by atoms with Gasteiger partial charge in [0.05, 0.1) is 5.69 Å². The largest absolute Gasteiger partial charge is 0.506 e. The zero-order chi connectivity index (χ0) is 16.7. The number of phenols is 1. The van der Waals surface area contributed by atoms with Crippen molar-refractivity contribution in [1.29, 1.82) is 0 Å². The van der Waals surface area contributed by atoms with Crippen LogP contribution in [0.5, 0.6) is 5.75 Å². The molecule has 0 bridgehead atoms. The van der Waals surface area contributed by atoms with E-state index in [1.54, 1.807) is 32.9 Å². The summed E-state index contributed by atoms with van der Waals surface area (Å²) in [6.07, 6.45) is -0.578. The summed E-state index contributed by atoms with van der Waals surface area (Å²) in [4.78, 5) is 11.9. The van der Waals surface area contributed by atoms with Gasteiger partial charge in [-0.3, -0.25) is 5.32 Å². The highest BCUT2D eigenvalue weighted by atomic mass is 16.6. The van der Waals surface area contributed by atoms with Crippen LogP contribution in [0.25, 0.3) is 0 Å². The molecule has 1 amide bonds. The number of ether oxygens (including phenoxy) is 1. The van der Waals surface area contributed by atoms with Crippen LogP contribution in [0.15, 0.2) is 18.2 Å². The number of carbonyl (C=O) groups excluding carboxylic acids is 1. The predicted octanol–water partition coefficient (Wildman–Crippen LogP) is 3.44. The Balaban J connectivity index is 2.17. The van der Waals surface area contributed by atoms with E-state index >= 15 is 0 Å². The molecule has 0 unspecified atom stereocenters. The topological polar surface area (TPSA) is 84.6 Å². The van der Waals surface area contributed by atoms with Gasteiger partial charge in [0.1, 0.15) is 11.4 Å². The van der Waals surface area contributed by atoms with Crippen molar-refractivity contribution in [3.63, 3.8) is 0 Å². The minimum absolute atomic E-state index is 0.0253. The molecular formula is C17H26N2O3. The SMILES string of the molecule is CC(C)(C)OC(=O)Nc1cc([C@H]2[C@H](CN)C2(C)C)ccc1O. The van der Waals surface area contributed by atoms with Crippen molar-refractivity contribution < 1.29 is 14.6 Å². The van der Waals surface area contributed by atoms with E-state index in [2.05, 4.69) is 19.2 Å². The fourth-order valence-corrected chi connectivity index (χ4v) is 3.11. The summed E-state index contributed by atoms with van der Waals surface area (Å²) in [5, 5.41) is 12.6. The molecule has 1 aliphatic carbocycles. The summed E-state index contributed by atoms with van der Waals surface area (Å²) in [6.45, 7) is 10.4. The van der Waals surface area contributed by atoms with Gasteiger partial charge < -0.3 is 15.6 Å². The first kappa shape index (κ1) is 16.6. The third-order valence-electron chi connectivity index (χ3n) is 4.32. The fraction of sp³-hybridized carbons (Fsp3) is 0.588. The average molecular weight is 306 g/mol. The summed E-state index contributed by atoms with van der Waals surface area (Å²) in [6, 6.07) is 5.29. The van der Waals surface area contributed by atoms with Gasteiger partial charge in [-0.25, -0.2) is 4.79 Å². The van der Waals surface area contributed by atoms with Crippen LogP contribution >= 0.6 is 0 Å². The molecule has 122 valence electrons. The van der Waals surface area contributed by atoms with Crippen molar-refractivity contribution in [2.24, 2.45) is 17.1 Å². The Morgan fingerprint density at radius 3 is 2.55 bits per heavy atom. The number of nitrogens with two attached hydrogens (primary N) is 1. The van der Waals surface area contributed by atoms with E-state index in [1.165, 1.54) is 0 Å². The Morgan fingerprint density at radius 2 is 2.05 bits per heavy atom. The highest BCUT2D eigenvalue weighted by molar-refractivity contribution is 5.87. The number of amides is 1. The smallest absolute Gasteiger partial charge is 0.412 e. The lowest BCUT2D eigenvalue weighted by Crippen LogP contribution is -2.27. The van der Waals surface area contributed by atoms with Gasteiger partial charge in [0, 0.05) is 0 Å². The molecule has 0 aromatic heterocycles. The van der Waals surface area contributed by atoms with E-state index in [1.807, 2.05) is 6.07 Å². The molecule has 2 atom stereocenters. The van der Waals surface area contributed by atoms with Gasteiger partial charge >= 0.3 is 6.09 Å². The highest BCUT2D eigenvalue weighted by Gasteiger charge is 2.57. The molecule has 1 aromatic rings. The number of aromatic hydroxyl groups is 1. The lowest BCUT2D eigenvalue weighted by atomic mass is 10.0. The summed E-state index contributed by atoms with van der Waals surface area (Å²) in [5.41, 5.74) is 6.82. The molecule has 2 rings (SSSR count). The van der Waals surface area contributed by atoms with E-state index in [4.69, 9.17) is 10.5 Å².